The van der Waals surface area contributed by atoms with Gasteiger partial charge < -0.3 is 10.4 Å². The number of carboxylic acid groups (broad SMARTS) is 1. The van der Waals surface area contributed by atoms with Crippen molar-refractivity contribution in [3.63, 3.8) is 0 Å². The van der Waals surface area contributed by atoms with Crippen molar-refractivity contribution in [3.8, 4) is 6.07 Å². The van der Waals surface area contributed by atoms with Crippen LogP contribution in [0, 0.1) is 23.0 Å². The van der Waals surface area contributed by atoms with Crippen molar-refractivity contribution in [2.45, 2.75) is 25.3 Å². The van der Waals surface area contributed by atoms with Gasteiger partial charge in [0.15, 0.2) is 0 Å². The van der Waals surface area contributed by atoms with Gasteiger partial charge in [0.2, 0.25) is 0 Å². The molecule has 20 heavy (non-hydrogen) atoms. The predicted molar refractivity (Wildman–Crippen MR) is 64.7 cm³/mol. The summed E-state index contributed by atoms with van der Waals surface area (Å²) in [6.45, 7) is 0. The summed E-state index contributed by atoms with van der Waals surface area (Å²) in [5.74, 6) is -4.00. The highest BCUT2D eigenvalue weighted by molar-refractivity contribution is 5.96. The Morgan fingerprint density at radius 3 is 2.40 bits per heavy atom. The zero-order valence-corrected chi connectivity index (χ0v) is 10.4. The number of benzene rings is 1. The lowest BCUT2D eigenvalue weighted by Crippen LogP contribution is -2.40. The molecule has 0 saturated carbocycles. The summed E-state index contributed by atoms with van der Waals surface area (Å²) >= 11 is 0. The van der Waals surface area contributed by atoms with E-state index in [0.29, 0.717) is 12.5 Å². The van der Waals surface area contributed by atoms with Gasteiger partial charge >= 0.3 is 5.97 Å². The van der Waals surface area contributed by atoms with Crippen LogP contribution in [0.5, 0.6) is 0 Å². The number of unbranched alkanes of at least 4 members (excludes halogenated alkanes) is 1. The molecule has 0 heterocycles. The van der Waals surface area contributed by atoms with E-state index in [4.69, 9.17) is 10.4 Å². The number of halogens is 2. The second-order valence-electron chi connectivity index (χ2n) is 4.07. The smallest absolute Gasteiger partial charge is 0.326 e. The molecule has 1 amide bonds. The molecule has 1 aromatic rings. The third-order valence-electron chi connectivity index (χ3n) is 2.51. The first-order valence-electron chi connectivity index (χ1n) is 5.80. The summed E-state index contributed by atoms with van der Waals surface area (Å²) < 4.78 is 25.9. The van der Waals surface area contributed by atoms with Crippen LogP contribution in [0.25, 0.3) is 0 Å². The van der Waals surface area contributed by atoms with Gasteiger partial charge in [-0.05, 0) is 25.0 Å². The molecule has 0 spiro atoms. The molecule has 0 aliphatic heterocycles. The number of carbonyl (C=O) groups is 2. The van der Waals surface area contributed by atoms with Crippen LogP contribution < -0.4 is 5.32 Å². The van der Waals surface area contributed by atoms with E-state index in [2.05, 4.69) is 5.32 Å². The number of hydrogen-bond donors (Lipinski definition) is 2. The second-order valence-corrected chi connectivity index (χ2v) is 4.07. The van der Waals surface area contributed by atoms with E-state index >= 15 is 0 Å². The van der Waals surface area contributed by atoms with Crippen molar-refractivity contribution in [1.29, 1.82) is 5.26 Å². The molecule has 0 aliphatic carbocycles. The second kappa shape index (κ2) is 7.19. The molecule has 0 aromatic heterocycles. The first kappa shape index (κ1) is 15.6. The van der Waals surface area contributed by atoms with Gasteiger partial charge in [-0.3, -0.25) is 4.79 Å². The van der Waals surface area contributed by atoms with E-state index in [1.165, 1.54) is 0 Å². The molecule has 1 rings (SSSR count). The van der Waals surface area contributed by atoms with Gasteiger partial charge in [0.1, 0.15) is 17.7 Å². The molecule has 0 saturated heterocycles. The van der Waals surface area contributed by atoms with Crippen LogP contribution >= 0.6 is 0 Å². The lowest BCUT2D eigenvalue weighted by atomic mass is 10.1. The minimum absolute atomic E-state index is 0.0619. The van der Waals surface area contributed by atoms with E-state index in [-0.39, 0.29) is 18.4 Å². The van der Waals surface area contributed by atoms with E-state index < -0.39 is 29.6 Å². The number of nitriles is 1. The molecular formula is C13H12F2N2O3. The number of rotatable bonds is 6. The Kier molecular flexibility index (Phi) is 5.59. The summed E-state index contributed by atoms with van der Waals surface area (Å²) in [4.78, 5) is 22.7. The van der Waals surface area contributed by atoms with Crippen molar-refractivity contribution in [2.24, 2.45) is 0 Å². The Morgan fingerprint density at radius 2 is 1.90 bits per heavy atom. The molecule has 2 N–H and O–H groups in total. The Hall–Kier alpha value is -2.49. The Morgan fingerprint density at radius 1 is 1.30 bits per heavy atom. The molecule has 106 valence electrons. The predicted octanol–water partition coefficient (Wildman–Crippen LogP) is 1.84. The van der Waals surface area contributed by atoms with Crippen LogP contribution in [0.15, 0.2) is 18.2 Å². The number of carbonyl (C=O) groups excluding carboxylic acids is 1. The summed E-state index contributed by atoms with van der Waals surface area (Å²) in [7, 11) is 0. The number of carboxylic acids is 1. The third kappa shape index (κ3) is 4.65. The first-order valence-corrected chi connectivity index (χ1v) is 5.80. The molecule has 1 aromatic carbocycles. The molecule has 0 aliphatic rings. The fraction of sp³-hybridized carbons (Fsp3) is 0.308. The fourth-order valence-corrected chi connectivity index (χ4v) is 1.57. The quantitative estimate of drug-likeness (QED) is 0.779. The zero-order valence-electron chi connectivity index (χ0n) is 10.4. The monoisotopic (exact) mass is 282 g/mol. The van der Waals surface area contributed by atoms with Gasteiger partial charge in [0.05, 0.1) is 6.07 Å². The molecular weight excluding hydrogens is 270 g/mol. The Bertz CT molecular complexity index is 535. The summed E-state index contributed by atoms with van der Waals surface area (Å²) in [5.41, 5.74) is -0.297. The minimum Gasteiger partial charge on any atom is -0.480 e. The molecule has 0 radical (unpaired) electrons. The van der Waals surface area contributed by atoms with Crippen LogP contribution in [0.4, 0.5) is 8.78 Å². The summed E-state index contributed by atoms with van der Waals surface area (Å²) in [6, 6.07) is 2.88. The van der Waals surface area contributed by atoms with Gasteiger partial charge in [-0.25, -0.2) is 13.6 Å². The van der Waals surface area contributed by atoms with Crippen molar-refractivity contribution < 1.29 is 23.5 Å². The average molecular weight is 282 g/mol. The normalized spacial score (nSPS) is 11.4. The summed E-state index contributed by atoms with van der Waals surface area (Å²) in [5, 5.41) is 19.5. The number of nitrogens with zero attached hydrogens (tertiary/aromatic N) is 1. The molecule has 5 nitrogen and oxygen atoms in total. The van der Waals surface area contributed by atoms with Crippen LogP contribution in [-0.2, 0) is 4.79 Å². The molecule has 0 bridgehead atoms. The molecule has 0 unspecified atom stereocenters. The van der Waals surface area contributed by atoms with Crippen molar-refractivity contribution in [2.75, 3.05) is 0 Å². The highest BCUT2D eigenvalue weighted by Crippen LogP contribution is 2.09. The number of nitrogens with one attached hydrogen (secondary N) is 1. The molecule has 1 atom stereocenters. The number of amides is 1. The van der Waals surface area contributed by atoms with Crippen LogP contribution in [-0.4, -0.2) is 23.0 Å². The van der Waals surface area contributed by atoms with Gasteiger partial charge in [-0.2, -0.15) is 5.26 Å². The van der Waals surface area contributed by atoms with Gasteiger partial charge in [-0.15, -0.1) is 0 Å². The maximum Gasteiger partial charge on any atom is 0.326 e. The standard InChI is InChI=1S/C13H12F2N2O3/c14-9-5-8(6-10(15)7-9)12(18)17-11(13(19)20)3-1-2-4-16/h5-7,11H,1-3H2,(H,17,18)(H,19,20)/t11-/m0/s1. The van der Waals surface area contributed by atoms with Crippen LogP contribution in [0.2, 0.25) is 0 Å². The maximum atomic E-state index is 13.0. The van der Waals surface area contributed by atoms with E-state index in [1.807, 2.05) is 6.07 Å². The largest absolute Gasteiger partial charge is 0.480 e. The van der Waals surface area contributed by atoms with Crippen molar-refractivity contribution >= 4 is 11.9 Å². The van der Waals surface area contributed by atoms with E-state index in [1.54, 1.807) is 0 Å². The number of hydrogen-bond acceptors (Lipinski definition) is 3. The highest BCUT2D eigenvalue weighted by Gasteiger charge is 2.20. The average Bonchev–Trinajstić information content (AvgIpc) is 2.36. The van der Waals surface area contributed by atoms with Gasteiger partial charge in [-0.1, -0.05) is 0 Å². The van der Waals surface area contributed by atoms with Crippen molar-refractivity contribution in [3.05, 3.63) is 35.4 Å². The van der Waals surface area contributed by atoms with E-state index in [0.717, 1.165) is 12.1 Å². The van der Waals surface area contributed by atoms with Gasteiger partial charge in [0, 0.05) is 18.1 Å². The molecule has 7 heteroatoms. The van der Waals surface area contributed by atoms with Gasteiger partial charge in [0.25, 0.3) is 5.91 Å². The fourth-order valence-electron chi connectivity index (χ4n) is 1.57. The first-order chi connectivity index (χ1) is 9.43. The lowest BCUT2D eigenvalue weighted by Gasteiger charge is -2.13. The SMILES string of the molecule is N#CCCC[C@H](NC(=O)c1cc(F)cc(F)c1)C(=O)O. The maximum absolute atomic E-state index is 13.0. The zero-order chi connectivity index (χ0) is 15.1. The Balaban J connectivity index is 2.75. The summed E-state index contributed by atoms with van der Waals surface area (Å²) in [6.07, 6.45) is 0.520. The molecule has 0 fully saturated rings. The van der Waals surface area contributed by atoms with Crippen LogP contribution in [0.1, 0.15) is 29.6 Å². The minimum atomic E-state index is -1.27. The van der Waals surface area contributed by atoms with E-state index in [9.17, 15) is 18.4 Å². The highest BCUT2D eigenvalue weighted by atomic mass is 19.1. The van der Waals surface area contributed by atoms with Crippen molar-refractivity contribution in [1.82, 2.24) is 5.32 Å². The number of aliphatic carboxylic acids is 1. The Labute approximate surface area is 113 Å². The lowest BCUT2D eigenvalue weighted by molar-refractivity contribution is -0.139. The topological polar surface area (TPSA) is 90.2 Å². The third-order valence-corrected chi connectivity index (χ3v) is 2.51. The van der Waals surface area contributed by atoms with Crippen LogP contribution in [0.3, 0.4) is 0 Å².